The molecule has 0 saturated carbocycles. The maximum Gasteiger partial charge on any atom is 0.255 e. The number of nitrogens with zero attached hydrogens (tertiary/aromatic N) is 5. The number of hydrogen-bond donors (Lipinski definition) is 0. The van der Waals surface area contributed by atoms with Crippen molar-refractivity contribution in [3.05, 3.63) is 58.0 Å². The van der Waals surface area contributed by atoms with Gasteiger partial charge in [0.25, 0.3) is 5.56 Å². The molecule has 2 fully saturated rings. The van der Waals surface area contributed by atoms with Crippen LogP contribution in [-0.4, -0.2) is 63.7 Å². The van der Waals surface area contributed by atoms with Gasteiger partial charge in [-0.2, -0.15) is 0 Å². The highest BCUT2D eigenvalue weighted by atomic mass is 16.5. The van der Waals surface area contributed by atoms with Crippen LogP contribution in [0.3, 0.4) is 0 Å². The van der Waals surface area contributed by atoms with Crippen LogP contribution in [0.5, 0.6) is 0 Å². The molecule has 5 rings (SSSR count). The van der Waals surface area contributed by atoms with E-state index in [9.17, 15) is 4.79 Å². The SMILES string of the molecule is COC[C@@H]1CCCN1Cc1ccc2n(c1=O)C[C@H]1C[C@@H]2CN(Cc2cncnc2)C1. The van der Waals surface area contributed by atoms with Gasteiger partial charge in [-0.3, -0.25) is 14.6 Å². The molecule has 3 aliphatic rings. The fraction of sp³-hybridized carbons (Fsp3) is 0.609. The third-order valence-electron chi connectivity index (χ3n) is 7.01. The van der Waals surface area contributed by atoms with Crippen molar-refractivity contribution in [1.29, 1.82) is 0 Å². The third kappa shape index (κ3) is 3.94. The lowest BCUT2D eigenvalue weighted by atomic mass is 9.83. The van der Waals surface area contributed by atoms with E-state index < -0.39 is 0 Å². The first-order valence-electron chi connectivity index (χ1n) is 11.1. The summed E-state index contributed by atoms with van der Waals surface area (Å²) in [5, 5.41) is 0. The molecule has 0 radical (unpaired) electrons. The minimum Gasteiger partial charge on any atom is -0.383 e. The van der Waals surface area contributed by atoms with Crippen LogP contribution in [0, 0.1) is 5.92 Å². The summed E-state index contributed by atoms with van der Waals surface area (Å²) in [7, 11) is 1.76. The second-order valence-corrected chi connectivity index (χ2v) is 9.16. The van der Waals surface area contributed by atoms with E-state index in [4.69, 9.17) is 4.74 Å². The molecular weight excluding hydrogens is 378 g/mol. The summed E-state index contributed by atoms with van der Waals surface area (Å²) in [6, 6.07) is 4.74. The minimum absolute atomic E-state index is 0.218. The lowest BCUT2D eigenvalue weighted by molar-refractivity contribution is 0.109. The molecule has 0 N–H and O–H groups in total. The summed E-state index contributed by atoms with van der Waals surface area (Å²) in [6.45, 7) is 6.28. The molecule has 160 valence electrons. The Morgan fingerprint density at radius 1 is 1.13 bits per heavy atom. The van der Waals surface area contributed by atoms with Crippen LogP contribution in [0.4, 0.5) is 0 Å². The Kier molecular flexibility index (Phi) is 5.67. The summed E-state index contributed by atoms with van der Waals surface area (Å²) in [4.78, 5) is 26.5. The smallest absolute Gasteiger partial charge is 0.255 e. The van der Waals surface area contributed by atoms with Crippen LogP contribution in [0.25, 0.3) is 0 Å². The van der Waals surface area contributed by atoms with Gasteiger partial charge in [0, 0.05) is 81.0 Å². The third-order valence-corrected chi connectivity index (χ3v) is 7.01. The number of fused-ring (bicyclic) bond motifs is 4. The van der Waals surface area contributed by atoms with Gasteiger partial charge in [0.05, 0.1) is 6.61 Å². The van der Waals surface area contributed by atoms with Gasteiger partial charge in [-0.05, 0) is 37.8 Å². The van der Waals surface area contributed by atoms with Crippen LogP contribution in [0.1, 0.15) is 42.0 Å². The molecular formula is C23H31N5O2. The lowest BCUT2D eigenvalue weighted by Gasteiger charge is -2.43. The summed E-state index contributed by atoms with van der Waals surface area (Å²) >= 11 is 0. The summed E-state index contributed by atoms with van der Waals surface area (Å²) < 4.78 is 7.46. The average Bonchev–Trinajstić information content (AvgIpc) is 3.18. The summed E-state index contributed by atoms with van der Waals surface area (Å²) in [5.74, 6) is 0.957. The Morgan fingerprint density at radius 2 is 2.00 bits per heavy atom. The van der Waals surface area contributed by atoms with Crippen LogP contribution in [-0.2, 0) is 24.4 Å². The van der Waals surface area contributed by atoms with E-state index in [2.05, 4.69) is 36.5 Å². The topological polar surface area (TPSA) is 63.5 Å². The van der Waals surface area contributed by atoms with Gasteiger partial charge in [0.2, 0.25) is 0 Å². The molecule has 30 heavy (non-hydrogen) atoms. The van der Waals surface area contributed by atoms with Gasteiger partial charge < -0.3 is 9.30 Å². The van der Waals surface area contributed by atoms with Gasteiger partial charge in [-0.25, -0.2) is 9.97 Å². The van der Waals surface area contributed by atoms with E-state index in [1.54, 1.807) is 13.4 Å². The number of aromatic nitrogens is 3. The highest BCUT2D eigenvalue weighted by Gasteiger charge is 2.35. The zero-order valence-corrected chi connectivity index (χ0v) is 17.7. The molecule has 2 aromatic heterocycles. The van der Waals surface area contributed by atoms with Crippen LogP contribution in [0.2, 0.25) is 0 Å². The van der Waals surface area contributed by atoms with E-state index in [0.29, 0.717) is 17.9 Å². The van der Waals surface area contributed by atoms with Crippen molar-refractivity contribution in [1.82, 2.24) is 24.3 Å². The van der Waals surface area contributed by atoms with Crippen LogP contribution >= 0.6 is 0 Å². The zero-order valence-electron chi connectivity index (χ0n) is 17.7. The number of methoxy groups -OCH3 is 1. The molecule has 2 saturated heterocycles. The predicted molar refractivity (Wildman–Crippen MR) is 114 cm³/mol. The molecule has 5 heterocycles. The van der Waals surface area contributed by atoms with Crippen LogP contribution in [0.15, 0.2) is 35.6 Å². The molecule has 0 aliphatic carbocycles. The Bertz CT molecular complexity index is 931. The molecule has 0 amide bonds. The second-order valence-electron chi connectivity index (χ2n) is 9.16. The number of likely N-dealkylation sites (tertiary alicyclic amines) is 2. The first-order valence-corrected chi connectivity index (χ1v) is 11.1. The Balaban J connectivity index is 1.33. The number of ether oxygens (including phenoxy) is 1. The largest absolute Gasteiger partial charge is 0.383 e. The Hall–Kier alpha value is -2.09. The number of hydrogen-bond acceptors (Lipinski definition) is 6. The molecule has 0 unspecified atom stereocenters. The molecule has 2 aromatic rings. The van der Waals surface area contributed by atoms with E-state index in [1.807, 2.05) is 12.4 Å². The van der Waals surface area contributed by atoms with Crippen LogP contribution < -0.4 is 5.56 Å². The van der Waals surface area contributed by atoms with Crippen molar-refractivity contribution < 1.29 is 4.74 Å². The maximum atomic E-state index is 13.3. The van der Waals surface area contributed by atoms with E-state index in [-0.39, 0.29) is 5.56 Å². The fourth-order valence-corrected chi connectivity index (χ4v) is 5.71. The predicted octanol–water partition coefficient (Wildman–Crippen LogP) is 1.87. The van der Waals surface area contributed by atoms with Crippen molar-refractivity contribution in [3.8, 4) is 0 Å². The highest BCUT2D eigenvalue weighted by Crippen LogP contribution is 2.35. The number of piperidine rings is 1. The van der Waals surface area contributed by atoms with E-state index in [0.717, 1.165) is 63.4 Å². The number of pyridine rings is 1. The quantitative estimate of drug-likeness (QED) is 0.726. The molecule has 0 aromatic carbocycles. The van der Waals surface area contributed by atoms with Crippen molar-refractivity contribution >= 4 is 0 Å². The first-order chi connectivity index (χ1) is 14.7. The van der Waals surface area contributed by atoms with Crippen molar-refractivity contribution in [2.75, 3.05) is 33.4 Å². The maximum absolute atomic E-state index is 13.3. The monoisotopic (exact) mass is 409 g/mol. The summed E-state index contributed by atoms with van der Waals surface area (Å²) in [5.41, 5.74) is 3.51. The molecule has 3 aliphatic heterocycles. The molecule has 7 nitrogen and oxygen atoms in total. The second kappa shape index (κ2) is 8.57. The van der Waals surface area contributed by atoms with Gasteiger partial charge >= 0.3 is 0 Å². The molecule has 0 spiro atoms. The van der Waals surface area contributed by atoms with Gasteiger partial charge in [0.15, 0.2) is 0 Å². The van der Waals surface area contributed by atoms with Gasteiger partial charge in [-0.15, -0.1) is 0 Å². The van der Waals surface area contributed by atoms with Crippen molar-refractivity contribution in [2.24, 2.45) is 5.92 Å². The lowest BCUT2D eigenvalue weighted by Crippen LogP contribution is -2.47. The van der Waals surface area contributed by atoms with Crippen molar-refractivity contribution in [2.45, 2.75) is 50.9 Å². The minimum atomic E-state index is 0.218. The van der Waals surface area contributed by atoms with Gasteiger partial charge in [-0.1, -0.05) is 6.07 Å². The zero-order chi connectivity index (χ0) is 20.5. The van der Waals surface area contributed by atoms with Gasteiger partial charge in [0.1, 0.15) is 6.33 Å². The highest BCUT2D eigenvalue weighted by molar-refractivity contribution is 5.23. The van der Waals surface area contributed by atoms with Crippen molar-refractivity contribution in [3.63, 3.8) is 0 Å². The molecule has 2 bridgehead atoms. The molecule has 7 heteroatoms. The summed E-state index contributed by atoms with van der Waals surface area (Å²) in [6.07, 6.45) is 8.91. The van der Waals surface area contributed by atoms with E-state index >= 15 is 0 Å². The average molecular weight is 410 g/mol. The normalized spacial score (nSPS) is 26.6. The first kappa shape index (κ1) is 19.8. The Morgan fingerprint density at radius 3 is 2.83 bits per heavy atom. The number of rotatable bonds is 6. The standard InChI is InChI=1S/C23H31N5O2/c1-30-15-21-3-2-6-27(21)14-19-4-5-22-20-7-17(12-28(22)23(19)29)10-26(13-20)11-18-8-24-16-25-9-18/h4-5,8-9,16-17,20-21H,2-3,6-7,10-15H2,1H3/t17-,20+,21-/m0/s1. The fourth-order valence-electron chi connectivity index (χ4n) is 5.71. The molecule has 3 atom stereocenters. The van der Waals surface area contributed by atoms with E-state index in [1.165, 1.54) is 18.5 Å². The Labute approximate surface area is 177 Å².